The van der Waals surface area contributed by atoms with Crippen molar-refractivity contribution in [3.8, 4) is 5.75 Å². The molecule has 0 unspecified atom stereocenters. The molecule has 34 heavy (non-hydrogen) atoms. The van der Waals surface area contributed by atoms with Gasteiger partial charge in [-0.15, -0.1) is 0 Å². The first-order valence-electron chi connectivity index (χ1n) is 10.9. The van der Waals surface area contributed by atoms with Gasteiger partial charge in [0.15, 0.2) is 5.76 Å². The molecule has 1 amide bonds. The molecule has 0 spiro atoms. The van der Waals surface area contributed by atoms with Crippen LogP contribution in [-0.2, 0) is 6.61 Å². The molecule has 2 aromatic heterocycles. The molecule has 0 saturated carbocycles. The maximum atomic E-state index is 12.5. The Morgan fingerprint density at radius 3 is 2.62 bits per heavy atom. The van der Waals surface area contributed by atoms with Crippen molar-refractivity contribution in [1.82, 2.24) is 9.88 Å². The molecule has 2 aromatic carbocycles. The van der Waals surface area contributed by atoms with Crippen LogP contribution in [0.25, 0.3) is 10.9 Å². The van der Waals surface area contributed by atoms with Crippen LogP contribution in [0.5, 0.6) is 5.75 Å². The van der Waals surface area contributed by atoms with Gasteiger partial charge in [0.05, 0.1) is 11.2 Å². The summed E-state index contributed by atoms with van der Waals surface area (Å²) in [5.74, 6) is 1.66. The van der Waals surface area contributed by atoms with E-state index in [0.717, 1.165) is 16.7 Å². The van der Waals surface area contributed by atoms with Crippen LogP contribution in [0.1, 0.15) is 16.1 Å². The summed E-state index contributed by atoms with van der Waals surface area (Å²) in [6, 6.07) is 19.5. The van der Waals surface area contributed by atoms with E-state index >= 15 is 0 Å². The first-order chi connectivity index (χ1) is 16.6. The molecule has 9 nitrogen and oxygen atoms in total. The van der Waals surface area contributed by atoms with E-state index in [4.69, 9.17) is 14.1 Å². The summed E-state index contributed by atoms with van der Waals surface area (Å²) in [7, 11) is 0. The summed E-state index contributed by atoms with van der Waals surface area (Å²) in [6.07, 6.45) is 1.50. The lowest BCUT2D eigenvalue weighted by molar-refractivity contribution is -0.384. The monoisotopic (exact) mass is 458 g/mol. The number of ether oxygens (including phenoxy) is 1. The van der Waals surface area contributed by atoms with E-state index < -0.39 is 4.92 Å². The highest BCUT2D eigenvalue weighted by atomic mass is 16.6. The Kier molecular flexibility index (Phi) is 5.82. The topological polar surface area (TPSA) is 102 Å². The van der Waals surface area contributed by atoms with E-state index in [2.05, 4.69) is 4.90 Å². The molecule has 1 fully saturated rings. The van der Waals surface area contributed by atoms with E-state index in [1.165, 1.54) is 18.4 Å². The highest BCUT2D eigenvalue weighted by molar-refractivity contribution is 5.91. The predicted molar refractivity (Wildman–Crippen MR) is 126 cm³/mol. The fourth-order valence-electron chi connectivity index (χ4n) is 4.02. The number of nitro groups is 1. The first kappa shape index (κ1) is 21.4. The van der Waals surface area contributed by atoms with Crippen molar-refractivity contribution in [2.45, 2.75) is 6.61 Å². The molecule has 0 atom stereocenters. The van der Waals surface area contributed by atoms with Gasteiger partial charge in [0.25, 0.3) is 11.6 Å². The number of anilines is 1. The van der Waals surface area contributed by atoms with Crippen molar-refractivity contribution in [3.05, 3.63) is 94.4 Å². The summed E-state index contributed by atoms with van der Waals surface area (Å²) in [4.78, 5) is 31.9. The zero-order valence-electron chi connectivity index (χ0n) is 18.3. The molecule has 1 saturated heterocycles. The Hall–Kier alpha value is -4.40. The minimum absolute atomic E-state index is 0.0316. The Bertz CT molecular complexity index is 1330. The molecule has 0 radical (unpaired) electrons. The Morgan fingerprint density at radius 1 is 1.03 bits per heavy atom. The van der Waals surface area contributed by atoms with Crippen LogP contribution >= 0.6 is 0 Å². The Morgan fingerprint density at radius 2 is 1.85 bits per heavy atom. The average Bonchev–Trinajstić information content (AvgIpc) is 3.42. The second-order valence-electron chi connectivity index (χ2n) is 7.97. The number of benzene rings is 2. The SMILES string of the molecule is O=C(c1ccco1)N1CCN(c2ccc3cccc(OCc4cccc([N+](=O)[O-])c4)c3n2)CC1. The van der Waals surface area contributed by atoms with Gasteiger partial charge in [-0.3, -0.25) is 14.9 Å². The highest BCUT2D eigenvalue weighted by Crippen LogP contribution is 2.28. The third-order valence-corrected chi connectivity index (χ3v) is 5.81. The number of furan rings is 1. The minimum Gasteiger partial charge on any atom is -0.487 e. The third-order valence-electron chi connectivity index (χ3n) is 5.81. The number of aromatic nitrogens is 1. The molecule has 4 aromatic rings. The lowest BCUT2D eigenvalue weighted by Gasteiger charge is -2.35. The second kappa shape index (κ2) is 9.22. The maximum Gasteiger partial charge on any atom is 0.289 e. The zero-order chi connectivity index (χ0) is 23.5. The lowest BCUT2D eigenvalue weighted by atomic mass is 10.2. The number of carbonyl (C=O) groups is 1. The number of fused-ring (bicyclic) bond motifs is 1. The summed E-state index contributed by atoms with van der Waals surface area (Å²) in [5, 5.41) is 12.0. The van der Waals surface area contributed by atoms with Gasteiger partial charge in [-0.2, -0.15) is 0 Å². The van der Waals surface area contributed by atoms with Gasteiger partial charge in [-0.1, -0.05) is 24.3 Å². The van der Waals surface area contributed by atoms with E-state index in [9.17, 15) is 14.9 Å². The van der Waals surface area contributed by atoms with Gasteiger partial charge in [-0.25, -0.2) is 4.98 Å². The lowest BCUT2D eigenvalue weighted by Crippen LogP contribution is -2.49. The number of pyridine rings is 1. The van der Waals surface area contributed by atoms with Gasteiger partial charge >= 0.3 is 0 Å². The normalized spacial score (nSPS) is 13.8. The van der Waals surface area contributed by atoms with Crippen molar-refractivity contribution in [2.24, 2.45) is 0 Å². The van der Waals surface area contributed by atoms with Gasteiger partial charge in [-0.05, 0) is 35.9 Å². The van der Waals surface area contributed by atoms with Crippen molar-refractivity contribution < 1.29 is 18.9 Å². The number of piperazine rings is 1. The molecule has 5 rings (SSSR count). The van der Waals surface area contributed by atoms with Crippen molar-refractivity contribution in [2.75, 3.05) is 31.1 Å². The number of para-hydroxylation sites is 1. The van der Waals surface area contributed by atoms with Gasteiger partial charge < -0.3 is 19.0 Å². The number of nitrogens with zero attached hydrogens (tertiary/aromatic N) is 4. The molecule has 0 N–H and O–H groups in total. The number of nitro benzene ring substituents is 1. The molecular formula is C25H22N4O5. The smallest absolute Gasteiger partial charge is 0.289 e. The van der Waals surface area contributed by atoms with Crippen LogP contribution in [0.3, 0.4) is 0 Å². The maximum absolute atomic E-state index is 12.5. The number of amides is 1. The first-order valence-corrected chi connectivity index (χ1v) is 10.9. The molecular weight excluding hydrogens is 436 g/mol. The molecule has 0 aliphatic carbocycles. The van der Waals surface area contributed by atoms with Gasteiger partial charge in [0.1, 0.15) is 23.7 Å². The predicted octanol–water partition coefficient (Wildman–Crippen LogP) is 4.28. The average molecular weight is 458 g/mol. The summed E-state index contributed by atoms with van der Waals surface area (Å²) in [5.41, 5.74) is 1.46. The number of rotatable bonds is 6. The van der Waals surface area contributed by atoms with Crippen molar-refractivity contribution >= 4 is 28.3 Å². The molecule has 1 aliphatic rings. The van der Waals surface area contributed by atoms with Gasteiger partial charge in [0, 0.05) is 43.7 Å². The highest BCUT2D eigenvalue weighted by Gasteiger charge is 2.24. The molecule has 0 bridgehead atoms. The van der Waals surface area contributed by atoms with E-state index in [1.54, 1.807) is 29.2 Å². The van der Waals surface area contributed by atoms with E-state index in [0.29, 0.717) is 43.3 Å². The Labute approximate surface area is 195 Å². The Balaban J connectivity index is 1.30. The molecule has 9 heteroatoms. The van der Waals surface area contributed by atoms with Crippen LogP contribution in [0, 0.1) is 10.1 Å². The van der Waals surface area contributed by atoms with E-state index in [-0.39, 0.29) is 18.2 Å². The van der Waals surface area contributed by atoms with E-state index in [1.807, 2.05) is 30.3 Å². The number of hydrogen-bond donors (Lipinski definition) is 0. The number of hydrogen-bond acceptors (Lipinski definition) is 7. The summed E-state index contributed by atoms with van der Waals surface area (Å²) >= 11 is 0. The molecule has 172 valence electrons. The number of non-ortho nitro benzene ring substituents is 1. The standard InChI is InChI=1S/C25H22N4O5/c30-25(22-8-3-15-33-22)28-13-11-27(12-14-28)23-10-9-19-5-2-7-21(24(19)26-23)34-17-18-4-1-6-20(16-18)29(31)32/h1-10,15-16H,11-14,17H2. The van der Waals surface area contributed by atoms with Gasteiger partial charge in [0.2, 0.25) is 0 Å². The van der Waals surface area contributed by atoms with Crippen LogP contribution in [0.15, 0.2) is 77.4 Å². The quantitative estimate of drug-likeness (QED) is 0.314. The molecule has 1 aliphatic heterocycles. The fourth-order valence-corrected chi connectivity index (χ4v) is 4.02. The summed E-state index contributed by atoms with van der Waals surface area (Å²) in [6.45, 7) is 2.65. The second-order valence-corrected chi connectivity index (χ2v) is 7.97. The summed E-state index contributed by atoms with van der Waals surface area (Å²) < 4.78 is 11.2. The van der Waals surface area contributed by atoms with Crippen molar-refractivity contribution in [1.29, 1.82) is 0 Å². The van der Waals surface area contributed by atoms with Crippen molar-refractivity contribution in [3.63, 3.8) is 0 Å². The molecule has 3 heterocycles. The minimum atomic E-state index is -0.419. The largest absolute Gasteiger partial charge is 0.487 e. The fraction of sp³-hybridized carbons (Fsp3) is 0.200. The third kappa shape index (κ3) is 4.40. The van der Waals surface area contributed by atoms with Crippen LogP contribution in [0.4, 0.5) is 11.5 Å². The number of carbonyl (C=O) groups excluding carboxylic acids is 1. The van der Waals surface area contributed by atoms with Crippen LogP contribution < -0.4 is 9.64 Å². The van der Waals surface area contributed by atoms with Crippen LogP contribution in [-0.4, -0.2) is 46.9 Å². The van der Waals surface area contributed by atoms with Crippen LogP contribution in [0.2, 0.25) is 0 Å². The zero-order valence-corrected chi connectivity index (χ0v) is 18.3.